The molecule has 3 heteroatoms. The number of benzene rings is 1. The van der Waals surface area contributed by atoms with Crippen LogP contribution < -0.4 is 0 Å². The highest BCUT2D eigenvalue weighted by atomic mass is 35.5. The summed E-state index contributed by atoms with van der Waals surface area (Å²) in [6, 6.07) is 9.82. The maximum atomic E-state index is 6.12. The highest BCUT2D eigenvalue weighted by Gasteiger charge is 2.08. The summed E-state index contributed by atoms with van der Waals surface area (Å²) in [5, 5.41) is 0.696. The minimum Gasteiger partial charge on any atom is -0.0929 e. The Hall–Kier alpha value is -0.243. The van der Waals surface area contributed by atoms with Gasteiger partial charge in [0, 0.05) is 4.66 Å². The summed E-state index contributed by atoms with van der Waals surface area (Å²) in [4.78, 5) is 0. The standard InChI is InChI=1S/C10H11Cl2Si/c1-13(2)10(12)9(11)8-6-4-3-5-7-8/h3-7H,1-2H3. The van der Waals surface area contributed by atoms with Crippen LogP contribution in [0, 0.1) is 0 Å². The SMILES string of the molecule is C[Si](C)C(Cl)=C(Cl)c1ccccc1. The molecule has 0 nitrogen and oxygen atoms in total. The van der Waals surface area contributed by atoms with Crippen molar-refractivity contribution in [3.8, 4) is 0 Å². The van der Waals surface area contributed by atoms with Gasteiger partial charge in [0.15, 0.2) is 0 Å². The first-order valence-electron chi connectivity index (χ1n) is 4.04. The van der Waals surface area contributed by atoms with Crippen molar-refractivity contribution in [2.45, 2.75) is 13.1 Å². The molecule has 0 bridgehead atoms. The second-order valence-corrected chi connectivity index (χ2v) is 6.57. The van der Waals surface area contributed by atoms with E-state index in [1.807, 2.05) is 30.3 Å². The molecule has 0 atom stereocenters. The summed E-state index contributed by atoms with van der Waals surface area (Å²) in [7, 11) is -0.645. The highest BCUT2D eigenvalue weighted by Crippen LogP contribution is 2.26. The van der Waals surface area contributed by atoms with Crippen LogP contribution in [0.25, 0.3) is 5.03 Å². The normalized spacial score (nSPS) is 13.0. The first kappa shape index (κ1) is 10.8. The summed E-state index contributed by atoms with van der Waals surface area (Å²) < 4.78 is 0.817. The minimum absolute atomic E-state index is 0.645. The zero-order valence-electron chi connectivity index (χ0n) is 7.64. The molecule has 0 unspecified atom stereocenters. The molecule has 69 valence electrons. The third-order valence-corrected chi connectivity index (χ3v) is 4.77. The monoisotopic (exact) mass is 229 g/mol. The Kier molecular flexibility index (Phi) is 4.04. The van der Waals surface area contributed by atoms with E-state index in [1.54, 1.807) is 0 Å². The fourth-order valence-corrected chi connectivity index (χ4v) is 2.32. The van der Waals surface area contributed by atoms with Crippen molar-refractivity contribution in [2.24, 2.45) is 0 Å². The fourth-order valence-electron chi connectivity index (χ4n) is 0.931. The van der Waals surface area contributed by atoms with Crippen LogP contribution in [-0.2, 0) is 0 Å². The molecule has 1 rings (SSSR count). The second-order valence-electron chi connectivity index (χ2n) is 2.99. The van der Waals surface area contributed by atoms with Crippen LogP contribution in [0.15, 0.2) is 35.0 Å². The van der Waals surface area contributed by atoms with Crippen LogP contribution in [0.2, 0.25) is 13.1 Å². The van der Waals surface area contributed by atoms with E-state index in [4.69, 9.17) is 23.2 Å². The topological polar surface area (TPSA) is 0 Å². The van der Waals surface area contributed by atoms with Gasteiger partial charge in [0.1, 0.15) is 0 Å². The second kappa shape index (κ2) is 4.84. The van der Waals surface area contributed by atoms with Crippen LogP contribution in [0.1, 0.15) is 5.56 Å². The number of rotatable bonds is 2. The molecule has 0 amide bonds. The summed E-state index contributed by atoms with van der Waals surface area (Å²) >= 11 is 12.2. The molecular formula is C10H11Cl2Si. The Morgan fingerprint density at radius 3 is 2.08 bits per heavy atom. The molecule has 0 aromatic heterocycles. The predicted octanol–water partition coefficient (Wildman–Crippen LogP) is 4.13. The average molecular weight is 230 g/mol. The van der Waals surface area contributed by atoms with Gasteiger partial charge >= 0.3 is 0 Å². The third kappa shape index (κ3) is 2.87. The van der Waals surface area contributed by atoms with E-state index in [0.29, 0.717) is 5.03 Å². The van der Waals surface area contributed by atoms with Gasteiger partial charge in [-0.1, -0.05) is 66.6 Å². The van der Waals surface area contributed by atoms with E-state index in [1.165, 1.54) is 0 Å². The molecule has 0 saturated heterocycles. The molecule has 0 aliphatic rings. The molecule has 1 aromatic carbocycles. The zero-order valence-corrected chi connectivity index (χ0v) is 10.2. The zero-order chi connectivity index (χ0) is 9.84. The van der Waals surface area contributed by atoms with Gasteiger partial charge in [-0.25, -0.2) is 0 Å². The van der Waals surface area contributed by atoms with E-state index in [2.05, 4.69) is 13.1 Å². The number of hydrogen-bond acceptors (Lipinski definition) is 0. The summed E-state index contributed by atoms with van der Waals surface area (Å²) in [6.07, 6.45) is 0. The lowest BCUT2D eigenvalue weighted by atomic mass is 10.2. The average Bonchev–Trinajstić information content (AvgIpc) is 2.17. The molecule has 0 fully saturated rings. The molecular weight excluding hydrogens is 219 g/mol. The minimum atomic E-state index is -0.645. The Labute approximate surface area is 90.8 Å². The van der Waals surface area contributed by atoms with Gasteiger partial charge in [-0.3, -0.25) is 0 Å². The lowest BCUT2D eigenvalue weighted by Gasteiger charge is -2.05. The van der Waals surface area contributed by atoms with Crippen molar-refractivity contribution in [1.82, 2.24) is 0 Å². The van der Waals surface area contributed by atoms with Crippen molar-refractivity contribution in [3.05, 3.63) is 40.6 Å². The molecule has 1 aromatic rings. The van der Waals surface area contributed by atoms with Crippen LogP contribution in [0.4, 0.5) is 0 Å². The van der Waals surface area contributed by atoms with E-state index >= 15 is 0 Å². The van der Waals surface area contributed by atoms with E-state index < -0.39 is 8.80 Å². The quantitative estimate of drug-likeness (QED) is 0.670. The molecule has 0 heterocycles. The van der Waals surface area contributed by atoms with Crippen LogP contribution in [0.3, 0.4) is 0 Å². The summed E-state index contributed by atoms with van der Waals surface area (Å²) in [5.41, 5.74) is 1.00. The number of halogens is 2. The van der Waals surface area contributed by atoms with Crippen molar-refractivity contribution < 1.29 is 0 Å². The van der Waals surface area contributed by atoms with Crippen molar-refractivity contribution >= 4 is 37.0 Å². The summed E-state index contributed by atoms with van der Waals surface area (Å²) in [5.74, 6) is 0. The molecule has 1 radical (unpaired) electrons. The van der Waals surface area contributed by atoms with Crippen LogP contribution in [0.5, 0.6) is 0 Å². The van der Waals surface area contributed by atoms with Crippen molar-refractivity contribution in [2.75, 3.05) is 0 Å². The highest BCUT2D eigenvalue weighted by molar-refractivity contribution is 6.81. The van der Waals surface area contributed by atoms with Gasteiger partial charge < -0.3 is 0 Å². The van der Waals surface area contributed by atoms with Crippen LogP contribution >= 0.6 is 23.2 Å². The Balaban J connectivity index is 3.03. The Morgan fingerprint density at radius 2 is 1.62 bits per heavy atom. The van der Waals surface area contributed by atoms with E-state index in [9.17, 15) is 0 Å². The van der Waals surface area contributed by atoms with Gasteiger partial charge in [0.05, 0.1) is 13.8 Å². The first-order chi connectivity index (χ1) is 6.13. The third-order valence-electron chi connectivity index (χ3n) is 1.66. The Bertz CT molecular complexity index is 304. The number of hydrogen-bond donors (Lipinski definition) is 0. The predicted molar refractivity (Wildman–Crippen MR) is 62.6 cm³/mol. The maximum Gasteiger partial charge on any atom is 0.0967 e. The van der Waals surface area contributed by atoms with Gasteiger partial charge in [-0.15, -0.1) is 0 Å². The van der Waals surface area contributed by atoms with Gasteiger partial charge in [-0.05, 0) is 5.56 Å². The van der Waals surface area contributed by atoms with E-state index in [-0.39, 0.29) is 0 Å². The van der Waals surface area contributed by atoms with Gasteiger partial charge in [0.2, 0.25) is 0 Å². The fraction of sp³-hybridized carbons (Fsp3) is 0.200. The molecule has 0 saturated carbocycles. The maximum absolute atomic E-state index is 6.12. The summed E-state index contributed by atoms with van der Waals surface area (Å²) in [6.45, 7) is 4.25. The Morgan fingerprint density at radius 1 is 1.08 bits per heavy atom. The van der Waals surface area contributed by atoms with E-state index in [0.717, 1.165) is 10.2 Å². The lowest BCUT2D eigenvalue weighted by molar-refractivity contribution is 1.65. The first-order valence-corrected chi connectivity index (χ1v) is 7.29. The van der Waals surface area contributed by atoms with Gasteiger partial charge in [-0.2, -0.15) is 0 Å². The molecule has 0 aliphatic heterocycles. The van der Waals surface area contributed by atoms with Crippen molar-refractivity contribution in [3.63, 3.8) is 0 Å². The van der Waals surface area contributed by atoms with Gasteiger partial charge in [0.25, 0.3) is 0 Å². The molecule has 0 N–H and O–H groups in total. The van der Waals surface area contributed by atoms with Crippen LogP contribution in [-0.4, -0.2) is 8.80 Å². The molecule has 13 heavy (non-hydrogen) atoms. The lowest BCUT2D eigenvalue weighted by Crippen LogP contribution is -2.01. The molecule has 0 spiro atoms. The van der Waals surface area contributed by atoms with Crippen molar-refractivity contribution in [1.29, 1.82) is 0 Å². The smallest absolute Gasteiger partial charge is 0.0929 e. The molecule has 0 aliphatic carbocycles. The largest absolute Gasteiger partial charge is 0.0967 e.